The molecule has 7 unspecified atom stereocenters. The van der Waals surface area contributed by atoms with Crippen LogP contribution in [0.15, 0.2) is 24.3 Å². The molecule has 0 aromatic carbocycles. The van der Waals surface area contributed by atoms with Crippen molar-refractivity contribution < 1.29 is 39.8 Å². The third kappa shape index (κ3) is 61.5. The minimum absolute atomic E-state index is 0.131. The quantitative estimate of drug-likeness (QED) is 0.0261. The molecule has 9 heteroatoms. The molecule has 0 aliphatic carbocycles. The van der Waals surface area contributed by atoms with Gasteiger partial charge < -0.3 is 40.3 Å². The van der Waals surface area contributed by atoms with Gasteiger partial charge in [0.05, 0.1) is 25.4 Å². The van der Waals surface area contributed by atoms with Crippen LogP contribution in [0.2, 0.25) is 0 Å². The van der Waals surface area contributed by atoms with Crippen LogP contribution >= 0.6 is 0 Å². The first-order valence-corrected chi connectivity index (χ1v) is 42.0. The average Bonchev–Trinajstić information content (AvgIpc) is 1.00. The third-order valence-corrected chi connectivity index (χ3v) is 20.6. The minimum atomic E-state index is -1.55. The van der Waals surface area contributed by atoms with Gasteiger partial charge in [0, 0.05) is 6.42 Å². The lowest BCUT2D eigenvalue weighted by Crippen LogP contribution is -2.60. The first-order valence-electron chi connectivity index (χ1n) is 42.0. The van der Waals surface area contributed by atoms with Crippen LogP contribution in [0.3, 0.4) is 0 Å². The molecule has 7 atom stereocenters. The van der Waals surface area contributed by atoms with Crippen LogP contribution in [0.25, 0.3) is 0 Å². The van der Waals surface area contributed by atoms with E-state index in [4.69, 9.17) is 9.47 Å². The molecule has 93 heavy (non-hydrogen) atoms. The van der Waals surface area contributed by atoms with E-state index >= 15 is 0 Å². The van der Waals surface area contributed by atoms with E-state index in [1.54, 1.807) is 0 Å². The fourth-order valence-electron chi connectivity index (χ4n) is 14.0. The predicted octanol–water partition coefficient (Wildman–Crippen LogP) is 24.3. The lowest BCUT2D eigenvalue weighted by molar-refractivity contribution is -0.302. The third-order valence-electron chi connectivity index (χ3n) is 20.6. The van der Waals surface area contributed by atoms with Crippen LogP contribution in [0, 0.1) is 0 Å². The molecule has 1 aliphatic heterocycles. The summed E-state index contributed by atoms with van der Waals surface area (Å²) in [7, 11) is 0. The Hall–Kier alpha value is -1.33. The minimum Gasteiger partial charge on any atom is -0.394 e. The van der Waals surface area contributed by atoms with E-state index in [2.05, 4.69) is 43.5 Å². The molecule has 0 saturated carbocycles. The van der Waals surface area contributed by atoms with E-state index in [1.807, 2.05) is 0 Å². The predicted molar refractivity (Wildman–Crippen MR) is 401 cm³/mol. The number of aliphatic hydroxyl groups is 5. The normalized spacial score (nSPS) is 17.6. The van der Waals surface area contributed by atoms with Crippen molar-refractivity contribution in [2.75, 3.05) is 13.2 Å². The van der Waals surface area contributed by atoms with Gasteiger partial charge in [-0.25, -0.2) is 0 Å². The first kappa shape index (κ1) is 89.7. The largest absolute Gasteiger partial charge is 0.394 e. The van der Waals surface area contributed by atoms with Crippen molar-refractivity contribution in [2.24, 2.45) is 0 Å². The fourth-order valence-corrected chi connectivity index (χ4v) is 14.0. The van der Waals surface area contributed by atoms with Crippen molar-refractivity contribution in [3.63, 3.8) is 0 Å². The molecule has 0 spiro atoms. The van der Waals surface area contributed by atoms with Gasteiger partial charge in [0.15, 0.2) is 6.29 Å². The molecule has 6 N–H and O–H groups in total. The number of ether oxygens (including phenoxy) is 2. The lowest BCUT2D eigenvalue weighted by atomic mass is 9.99. The standard InChI is InChI=1S/C84H163NO8/c1-3-5-7-9-11-13-15-17-19-21-23-25-27-29-31-33-34-35-36-37-38-39-40-41-42-43-44-46-48-50-52-54-56-58-60-62-64-66-68-70-72-74-80(88)85-77(76-92-84-83(91)82(90)81(89)79(75-86)93-84)78(87)73-71-69-67-65-63-61-59-57-55-53-51-49-47-45-32-30-28-26-24-22-20-18-16-14-12-10-8-6-4-2/h15,17,21,23,77-79,81-84,86-87,89-91H,3-14,16,18-20,22,24-76H2,1-2H3,(H,85,88)/b17-15-,23-21-. The second-order valence-electron chi connectivity index (χ2n) is 29.6. The van der Waals surface area contributed by atoms with E-state index in [0.717, 1.165) is 44.9 Å². The van der Waals surface area contributed by atoms with Crippen LogP contribution in [0.1, 0.15) is 450 Å². The Morgan fingerprint density at radius 1 is 0.366 bits per heavy atom. The summed E-state index contributed by atoms with van der Waals surface area (Å²) in [5, 5.41) is 55.1. The number of unbranched alkanes of at least 4 members (excludes halogenated alkanes) is 62. The van der Waals surface area contributed by atoms with E-state index in [9.17, 15) is 30.3 Å². The number of aliphatic hydroxyl groups excluding tert-OH is 5. The van der Waals surface area contributed by atoms with Crippen molar-refractivity contribution in [2.45, 2.75) is 493 Å². The molecule has 0 bridgehead atoms. The summed E-state index contributed by atoms with van der Waals surface area (Å²) in [5.74, 6) is -0.132. The topological polar surface area (TPSA) is 149 Å². The van der Waals surface area contributed by atoms with E-state index < -0.39 is 49.5 Å². The van der Waals surface area contributed by atoms with Gasteiger partial charge in [0.25, 0.3) is 0 Å². The molecule has 1 rings (SSSR count). The first-order chi connectivity index (χ1) is 45.8. The molecule has 552 valence electrons. The molecule has 1 aliphatic rings. The summed E-state index contributed by atoms with van der Waals surface area (Å²) in [5.41, 5.74) is 0. The Bertz CT molecular complexity index is 1530. The van der Waals surface area contributed by atoms with Crippen LogP contribution in [0.5, 0.6) is 0 Å². The number of allylic oxidation sites excluding steroid dienone is 4. The fraction of sp³-hybridized carbons (Fsp3) is 0.940. The van der Waals surface area contributed by atoms with E-state index in [0.29, 0.717) is 12.8 Å². The van der Waals surface area contributed by atoms with Gasteiger partial charge in [0.1, 0.15) is 24.4 Å². The zero-order valence-corrected chi connectivity index (χ0v) is 62.3. The second kappa shape index (κ2) is 73.4. The number of carbonyl (C=O) groups excluding carboxylic acids is 1. The number of hydrogen-bond acceptors (Lipinski definition) is 8. The summed E-state index contributed by atoms with van der Waals surface area (Å²) in [6.45, 7) is 3.90. The van der Waals surface area contributed by atoms with Crippen molar-refractivity contribution in [1.29, 1.82) is 0 Å². The summed E-state index contributed by atoms with van der Waals surface area (Å²) < 4.78 is 11.4. The summed E-state index contributed by atoms with van der Waals surface area (Å²) in [6.07, 6.45) is 91.7. The molecule has 1 amide bonds. The monoisotopic (exact) mass is 1310 g/mol. The molecular formula is C84H163NO8. The highest BCUT2D eigenvalue weighted by atomic mass is 16.7. The van der Waals surface area contributed by atoms with Crippen LogP contribution < -0.4 is 5.32 Å². The number of carbonyl (C=O) groups is 1. The number of nitrogens with one attached hydrogen (secondary N) is 1. The highest BCUT2D eigenvalue weighted by Crippen LogP contribution is 2.25. The highest BCUT2D eigenvalue weighted by molar-refractivity contribution is 5.76. The second-order valence-corrected chi connectivity index (χ2v) is 29.6. The number of amides is 1. The van der Waals surface area contributed by atoms with Gasteiger partial charge in [0.2, 0.25) is 5.91 Å². The van der Waals surface area contributed by atoms with Crippen molar-refractivity contribution in [1.82, 2.24) is 5.32 Å². The maximum absolute atomic E-state index is 13.2. The van der Waals surface area contributed by atoms with Gasteiger partial charge in [-0.15, -0.1) is 0 Å². The van der Waals surface area contributed by atoms with Gasteiger partial charge in [-0.05, 0) is 44.9 Å². The Morgan fingerprint density at radius 2 is 0.634 bits per heavy atom. The van der Waals surface area contributed by atoms with Crippen molar-refractivity contribution >= 4 is 5.91 Å². The maximum atomic E-state index is 13.2. The molecule has 0 aromatic rings. The lowest BCUT2D eigenvalue weighted by Gasteiger charge is -2.40. The van der Waals surface area contributed by atoms with Crippen LogP contribution in [0.4, 0.5) is 0 Å². The van der Waals surface area contributed by atoms with Gasteiger partial charge in [-0.3, -0.25) is 4.79 Å². The molecule has 1 heterocycles. The highest BCUT2D eigenvalue weighted by Gasteiger charge is 2.44. The van der Waals surface area contributed by atoms with E-state index in [-0.39, 0.29) is 12.5 Å². The maximum Gasteiger partial charge on any atom is 0.220 e. The smallest absolute Gasteiger partial charge is 0.220 e. The van der Waals surface area contributed by atoms with E-state index in [1.165, 1.54) is 379 Å². The Balaban J connectivity index is 2.01. The molecular weight excluding hydrogens is 1150 g/mol. The Labute approximate surface area is 579 Å². The molecule has 1 saturated heterocycles. The summed E-state index contributed by atoms with van der Waals surface area (Å²) in [6, 6.07) is -0.718. The molecule has 1 fully saturated rings. The van der Waals surface area contributed by atoms with Crippen molar-refractivity contribution in [3.8, 4) is 0 Å². The zero-order valence-electron chi connectivity index (χ0n) is 62.3. The Morgan fingerprint density at radius 3 is 0.925 bits per heavy atom. The Kier molecular flexibility index (Phi) is 70.8. The molecule has 0 radical (unpaired) electrons. The van der Waals surface area contributed by atoms with Crippen LogP contribution in [-0.4, -0.2) is 87.5 Å². The number of rotatable bonds is 76. The molecule has 9 nitrogen and oxygen atoms in total. The summed E-state index contributed by atoms with van der Waals surface area (Å²) in [4.78, 5) is 13.2. The van der Waals surface area contributed by atoms with Crippen LogP contribution in [-0.2, 0) is 14.3 Å². The van der Waals surface area contributed by atoms with Gasteiger partial charge in [-0.2, -0.15) is 0 Å². The SMILES string of the molecule is CCCCCCC/C=C\C/C=C\CCCCCCCCCCCCCCCCCCCCCCCCCCCCCCCC(=O)NC(COC1OC(CO)C(O)C(O)C1O)C(O)CCCCCCCCCCCCCCCCCCCCCCCCCCCCCCC. The zero-order chi connectivity index (χ0) is 67.1. The van der Waals surface area contributed by atoms with Gasteiger partial charge >= 0.3 is 0 Å². The van der Waals surface area contributed by atoms with Gasteiger partial charge in [-0.1, -0.05) is 423 Å². The molecule has 0 aromatic heterocycles. The van der Waals surface area contributed by atoms with Crippen molar-refractivity contribution in [3.05, 3.63) is 24.3 Å². The number of hydrogen-bond donors (Lipinski definition) is 6. The average molecular weight is 1320 g/mol. The summed E-state index contributed by atoms with van der Waals surface area (Å²) >= 11 is 0.